The van der Waals surface area contributed by atoms with Crippen LogP contribution in [0.4, 0.5) is 5.69 Å². The van der Waals surface area contributed by atoms with Crippen LogP contribution in [0.2, 0.25) is 0 Å². The summed E-state index contributed by atoms with van der Waals surface area (Å²) in [5, 5.41) is 9.01. The SMILES string of the molecule is O=C(O)CN(Cc1cncc(Br)c1)c1ccccc1. The average Bonchev–Trinajstić information content (AvgIpc) is 2.38. The zero-order valence-electron chi connectivity index (χ0n) is 10.2. The summed E-state index contributed by atoms with van der Waals surface area (Å²) < 4.78 is 0.883. The number of halogens is 1. The number of aliphatic carboxylic acids is 1. The summed E-state index contributed by atoms with van der Waals surface area (Å²) in [6.45, 7) is 0.458. The number of carbonyl (C=O) groups is 1. The molecule has 2 aromatic rings. The second kappa shape index (κ2) is 6.33. The Morgan fingerprint density at radius 2 is 2.00 bits per heavy atom. The molecule has 4 nitrogen and oxygen atoms in total. The summed E-state index contributed by atoms with van der Waals surface area (Å²) in [6, 6.07) is 11.4. The molecule has 0 atom stereocenters. The van der Waals surface area contributed by atoms with Crippen LogP contribution < -0.4 is 4.90 Å². The summed E-state index contributed by atoms with van der Waals surface area (Å²) in [5.41, 5.74) is 1.84. The third-order valence-corrected chi connectivity index (χ3v) is 3.02. The van der Waals surface area contributed by atoms with Gasteiger partial charge in [0.15, 0.2) is 0 Å². The van der Waals surface area contributed by atoms with E-state index in [2.05, 4.69) is 20.9 Å². The average molecular weight is 321 g/mol. The highest BCUT2D eigenvalue weighted by Crippen LogP contribution is 2.18. The first-order valence-corrected chi connectivity index (χ1v) is 6.55. The molecule has 5 heteroatoms. The van der Waals surface area contributed by atoms with E-state index in [-0.39, 0.29) is 6.54 Å². The Labute approximate surface area is 119 Å². The Morgan fingerprint density at radius 1 is 1.26 bits per heavy atom. The van der Waals surface area contributed by atoms with E-state index in [1.807, 2.05) is 36.4 Å². The lowest BCUT2D eigenvalue weighted by Gasteiger charge is -2.22. The van der Waals surface area contributed by atoms with E-state index in [1.54, 1.807) is 17.3 Å². The Bertz CT molecular complexity index is 560. The predicted octanol–water partition coefficient (Wildman–Crippen LogP) is 2.94. The normalized spacial score (nSPS) is 10.2. The number of hydrogen-bond acceptors (Lipinski definition) is 3. The maximum atomic E-state index is 11.0. The van der Waals surface area contributed by atoms with Gasteiger partial charge in [-0.2, -0.15) is 0 Å². The Balaban J connectivity index is 2.21. The number of para-hydroxylation sites is 1. The standard InChI is InChI=1S/C14H13BrN2O2/c15-12-6-11(7-16-8-12)9-17(10-14(18)19)13-4-2-1-3-5-13/h1-8H,9-10H2,(H,18,19). The van der Waals surface area contributed by atoms with Crippen molar-refractivity contribution >= 4 is 27.6 Å². The molecule has 19 heavy (non-hydrogen) atoms. The van der Waals surface area contributed by atoms with Crippen molar-refractivity contribution in [2.75, 3.05) is 11.4 Å². The minimum absolute atomic E-state index is 0.0451. The van der Waals surface area contributed by atoms with E-state index in [0.29, 0.717) is 6.54 Å². The van der Waals surface area contributed by atoms with Crippen LogP contribution in [-0.2, 0) is 11.3 Å². The summed E-state index contributed by atoms with van der Waals surface area (Å²) in [7, 11) is 0. The summed E-state index contributed by atoms with van der Waals surface area (Å²) in [4.78, 5) is 16.9. The van der Waals surface area contributed by atoms with E-state index in [0.717, 1.165) is 15.7 Å². The van der Waals surface area contributed by atoms with Gasteiger partial charge in [0.1, 0.15) is 6.54 Å². The van der Waals surface area contributed by atoms with Crippen molar-refractivity contribution in [3.8, 4) is 0 Å². The van der Waals surface area contributed by atoms with Gasteiger partial charge >= 0.3 is 5.97 Å². The molecule has 0 fully saturated rings. The molecule has 1 aromatic carbocycles. The Morgan fingerprint density at radius 3 is 2.63 bits per heavy atom. The first kappa shape index (κ1) is 13.5. The molecule has 0 spiro atoms. The zero-order chi connectivity index (χ0) is 13.7. The minimum Gasteiger partial charge on any atom is -0.480 e. The molecule has 2 rings (SSSR count). The summed E-state index contributed by atoms with van der Waals surface area (Å²) >= 11 is 3.36. The van der Waals surface area contributed by atoms with Crippen LogP contribution in [0.25, 0.3) is 0 Å². The van der Waals surface area contributed by atoms with E-state index >= 15 is 0 Å². The number of anilines is 1. The van der Waals surface area contributed by atoms with E-state index in [1.165, 1.54) is 0 Å². The van der Waals surface area contributed by atoms with Gasteiger partial charge in [-0.3, -0.25) is 9.78 Å². The van der Waals surface area contributed by atoms with Gasteiger partial charge in [0.05, 0.1) is 0 Å². The van der Waals surface area contributed by atoms with Crippen molar-refractivity contribution in [3.63, 3.8) is 0 Å². The molecule has 0 saturated carbocycles. The van der Waals surface area contributed by atoms with Gasteiger partial charge in [0.25, 0.3) is 0 Å². The fourth-order valence-electron chi connectivity index (χ4n) is 1.80. The first-order valence-electron chi connectivity index (χ1n) is 5.76. The second-order valence-electron chi connectivity index (χ2n) is 4.10. The highest BCUT2D eigenvalue weighted by Gasteiger charge is 2.11. The maximum Gasteiger partial charge on any atom is 0.323 e. The van der Waals surface area contributed by atoms with E-state index < -0.39 is 5.97 Å². The smallest absolute Gasteiger partial charge is 0.323 e. The fourth-order valence-corrected chi connectivity index (χ4v) is 2.22. The molecule has 0 bridgehead atoms. The molecule has 98 valence electrons. The van der Waals surface area contributed by atoms with Crippen LogP contribution in [0.3, 0.4) is 0 Å². The lowest BCUT2D eigenvalue weighted by molar-refractivity contribution is -0.135. The third kappa shape index (κ3) is 4.06. The van der Waals surface area contributed by atoms with Crippen LogP contribution in [0.5, 0.6) is 0 Å². The number of rotatable bonds is 5. The van der Waals surface area contributed by atoms with Crippen molar-refractivity contribution in [1.29, 1.82) is 0 Å². The maximum absolute atomic E-state index is 11.0. The zero-order valence-corrected chi connectivity index (χ0v) is 11.7. The van der Waals surface area contributed by atoms with Gasteiger partial charge < -0.3 is 10.0 Å². The monoisotopic (exact) mass is 320 g/mol. The first-order chi connectivity index (χ1) is 9.15. The topological polar surface area (TPSA) is 53.4 Å². The number of hydrogen-bond donors (Lipinski definition) is 1. The van der Waals surface area contributed by atoms with Crippen molar-refractivity contribution in [2.24, 2.45) is 0 Å². The van der Waals surface area contributed by atoms with Crippen LogP contribution in [0, 0.1) is 0 Å². The molecular weight excluding hydrogens is 308 g/mol. The molecule has 0 radical (unpaired) electrons. The highest BCUT2D eigenvalue weighted by atomic mass is 79.9. The van der Waals surface area contributed by atoms with Gasteiger partial charge in [-0.05, 0) is 39.7 Å². The molecule has 1 heterocycles. The lowest BCUT2D eigenvalue weighted by Crippen LogP contribution is -2.29. The Kier molecular flexibility index (Phi) is 4.52. The molecule has 1 N–H and O–H groups in total. The molecule has 0 aliphatic rings. The van der Waals surface area contributed by atoms with Crippen molar-refractivity contribution in [2.45, 2.75) is 6.54 Å². The predicted molar refractivity (Wildman–Crippen MR) is 77.1 cm³/mol. The molecule has 0 amide bonds. The number of carboxylic acids is 1. The van der Waals surface area contributed by atoms with Crippen LogP contribution >= 0.6 is 15.9 Å². The third-order valence-electron chi connectivity index (χ3n) is 2.58. The van der Waals surface area contributed by atoms with Crippen LogP contribution in [-0.4, -0.2) is 22.6 Å². The number of benzene rings is 1. The van der Waals surface area contributed by atoms with E-state index in [9.17, 15) is 4.79 Å². The van der Waals surface area contributed by atoms with Crippen molar-refractivity contribution in [1.82, 2.24) is 4.98 Å². The molecular formula is C14H13BrN2O2. The highest BCUT2D eigenvalue weighted by molar-refractivity contribution is 9.10. The van der Waals surface area contributed by atoms with Gasteiger partial charge in [0, 0.05) is 29.1 Å². The largest absolute Gasteiger partial charge is 0.480 e. The lowest BCUT2D eigenvalue weighted by atomic mass is 10.2. The van der Waals surface area contributed by atoms with Gasteiger partial charge in [-0.15, -0.1) is 0 Å². The fraction of sp³-hybridized carbons (Fsp3) is 0.143. The molecule has 0 aliphatic heterocycles. The van der Waals surface area contributed by atoms with Gasteiger partial charge in [-0.25, -0.2) is 0 Å². The van der Waals surface area contributed by atoms with Crippen LogP contribution in [0.1, 0.15) is 5.56 Å². The molecule has 0 unspecified atom stereocenters. The number of pyridine rings is 1. The number of nitrogens with zero attached hydrogens (tertiary/aromatic N) is 2. The Hall–Kier alpha value is -1.88. The summed E-state index contributed by atoms with van der Waals surface area (Å²) in [6.07, 6.45) is 3.44. The molecule has 1 aromatic heterocycles. The van der Waals surface area contributed by atoms with Gasteiger partial charge in [0.2, 0.25) is 0 Å². The second-order valence-corrected chi connectivity index (χ2v) is 5.01. The van der Waals surface area contributed by atoms with E-state index in [4.69, 9.17) is 5.11 Å². The molecule has 0 saturated heterocycles. The summed E-state index contributed by atoms with van der Waals surface area (Å²) in [5.74, 6) is -0.855. The number of aromatic nitrogens is 1. The molecule has 0 aliphatic carbocycles. The quantitative estimate of drug-likeness (QED) is 0.920. The van der Waals surface area contributed by atoms with Crippen molar-refractivity contribution in [3.05, 3.63) is 58.8 Å². The minimum atomic E-state index is -0.855. The van der Waals surface area contributed by atoms with Crippen molar-refractivity contribution < 1.29 is 9.90 Å². The number of carboxylic acid groups (broad SMARTS) is 1. The van der Waals surface area contributed by atoms with Crippen LogP contribution in [0.15, 0.2) is 53.3 Å². The van der Waals surface area contributed by atoms with Gasteiger partial charge in [-0.1, -0.05) is 18.2 Å².